The van der Waals surface area contributed by atoms with Crippen LogP contribution in [0.5, 0.6) is 0 Å². The van der Waals surface area contributed by atoms with Crippen molar-refractivity contribution in [3.63, 3.8) is 0 Å². The van der Waals surface area contributed by atoms with Crippen LogP contribution in [-0.2, 0) is 29.1 Å². The average molecular weight is 418 g/mol. The van der Waals surface area contributed by atoms with E-state index in [0.29, 0.717) is 13.1 Å². The smallest absolute Gasteiger partial charge is 0.227 e. The van der Waals surface area contributed by atoms with Gasteiger partial charge in [0.05, 0.1) is 12.5 Å². The highest BCUT2D eigenvalue weighted by Gasteiger charge is 2.35. The number of aromatic nitrogens is 3. The third-order valence-corrected chi connectivity index (χ3v) is 5.95. The molecule has 2 amide bonds. The van der Waals surface area contributed by atoms with Crippen molar-refractivity contribution in [2.75, 3.05) is 11.4 Å². The number of carbonyl (C=O) groups is 2. The molecular formula is C18H20BrN5O2. The number of fused-ring (bicyclic) bond motifs is 1. The number of benzene rings is 1. The van der Waals surface area contributed by atoms with Gasteiger partial charge in [0.15, 0.2) is 5.82 Å². The van der Waals surface area contributed by atoms with Crippen LogP contribution in [0.2, 0.25) is 0 Å². The van der Waals surface area contributed by atoms with Crippen molar-refractivity contribution in [3.05, 3.63) is 39.9 Å². The monoisotopic (exact) mass is 417 g/mol. The van der Waals surface area contributed by atoms with E-state index in [2.05, 4.69) is 36.0 Å². The molecule has 3 heterocycles. The van der Waals surface area contributed by atoms with Crippen molar-refractivity contribution in [2.24, 2.45) is 5.92 Å². The van der Waals surface area contributed by atoms with Crippen molar-refractivity contribution < 1.29 is 9.59 Å². The molecule has 1 aromatic heterocycles. The number of hydrogen-bond acceptors (Lipinski definition) is 4. The Hall–Kier alpha value is -2.22. The van der Waals surface area contributed by atoms with Gasteiger partial charge in [0.2, 0.25) is 11.8 Å². The third kappa shape index (κ3) is 3.13. The van der Waals surface area contributed by atoms with Crippen LogP contribution in [0.3, 0.4) is 0 Å². The highest BCUT2D eigenvalue weighted by Crippen LogP contribution is 2.28. The molecule has 2 aromatic rings. The molecule has 0 spiro atoms. The van der Waals surface area contributed by atoms with Crippen molar-refractivity contribution in [1.82, 2.24) is 20.1 Å². The third-order valence-electron chi connectivity index (χ3n) is 5.06. The Balaban J connectivity index is 1.39. The van der Waals surface area contributed by atoms with E-state index < -0.39 is 0 Å². The Bertz CT molecular complexity index is 878. The van der Waals surface area contributed by atoms with Crippen LogP contribution in [0.4, 0.5) is 5.69 Å². The molecule has 0 aliphatic carbocycles. The van der Waals surface area contributed by atoms with Gasteiger partial charge < -0.3 is 14.8 Å². The molecule has 1 fully saturated rings. The number of nitrogens with one attached hydrogen (secondary N) is 1. The Morgan fingerprint density at radius 2 is 2.23 bits per heavy atom. The average Bonchev–Trinajstić information content (AvgIpc) is 3.31. The molecule has 0 bridgehead atoms. The number of anilines is 1. The van der Waals surface area contributed by atoms with E-state index in [-0.39, 0.29) is 24.2 Å². The molecule has 1 saturated heterocycles. The largest absolute Gasteiger partial charge is 0.348 e. The molecule has 26 heavy (non-hydrogen) atoms. The molecule has 0 saturated carbocycles. The summed E-state index contributed by atoms with van der Waals surface area (Å²) in [5, 5.41) is 11.2. The minimum atomic E-state index is -0.340. The zero-order chi connectivity index (χ0) is 18.3. The first-order valence-corrected chi connectivity index (χ1v) is 9.57. The van der Waals surface area contributed by atoms with Crippen LogP contribution in [0.15, 0.2) is 22.7 Å². The van der Waals surface area contributed by atoms with Crippen LogP contribution < -0.4 is 10.2 Å². The van der Waals surface area contributed by atoms with E-state index in [1.165, 1.54) is 0 Å². The second-order valence-electron chi connectivity index (χ2n) is 6.84. The van der Waals surface area contributed by atoms with Gasteiger partial charge in [-0.25, -0.2) is 0 Å². The number of aryl methyl sites for hydroxylation is 2. The van der Waals surface area contributed by atoms with Gasteiger partial charge in [-0.05, 0) is 37.1 Å². The van der Waals surface area contributed by atoms with Crippen molar-refractivity contribution >= 4 is 33.4 Å². The number of carbonyl (C=O) groups excluding carboxylic acids is 2. The zero-order valence-corrected chi connectivity index (χ0v) is 16.1. The SMILES string of the molecule is Cc1cc(N2CC(C(=O)NCc3nnc4n3CCC4)CC2=O)ccc1Br. The van der Waals surface area contributed by atoms with E-state index in [9.17, 15) is 9.59 Å². The minimum Gasteiger partial charge on any atom is -0.348 e. The van der Waals surface area contributed by atoms with Gasteiger partial charge in [0, 0.05) is 36.1 Å². The van der Waals surface area contributed by atoms with Crippen molar-refractivity contribution in [1.29, 1.82) is 0 Å². The lowest BCUT2D eigenvalue weighted by molar-refractivity contribution is -0.126. The second kappa shape index (κ2) is 6.83. The Morgan fingerprint density at radius 1 is 1.38 bits per heavy atom. The van der Waals surface area contributed by atoms with Gasteiger partial charge in [-0.15, -0.1) is 10.2 Å². The number of amides is 2. The predicted molar refractivity (Wildman–Crippen MR) is 99.5 cm³/mol. The molecule has 1 N–H and O–H groups in total. The molecule has 136 valence electrons. The Labute approximate surface area is 159 Å². The molecule has 1 unspecified atom stereocenters. The van der Waals surface area contributed by atoms with Gasteiger partial charge in [0.1, 0.15) is 5.82 Å². The van der Waals surface area contributed by atoms with Crippen molar-refractivity contribution in [2.45, 2.75) is 39.3 Å². The van der Waals surface area contributed by atoms with Crippen LogP contribution in [0.1, 0.15) is 30.1 Å². The maximum Gasteiger partial charge on any atom is 0.227 e. The zero-order valence-electron chi connectivity index (χ0n) is 14.5. The fraction of sp³-hybridized carbons (Fsp3) is 0.444. The van der Waals surface area contributed by atoms with Gasteiger partial charge >= 0.3 is 0 Å². The summed E-state index contributed by atoms with van der Waals surface area (Å²) in [7, 11) is 0. The fourth-order valence-corrected chi connectivity index (χ4v) is 3.83. The second-order valence-corrected chi connectivity index (χ2v) is 7.70. The van der Waals surface area contributed by atoms with Gasteiger partial charge in [-0.2, -0.15) is 0 Å². The molecule has 1 atom stereocenters. The first-order chi connectivity index (χ1) is 12.5. The summed E-state index contributed by atoms with van der Waals surface area (Å²) in [6.07, 6.45) is 2.25. The maximum atomic E-state index is 12.5. The van der Waals surface area contributed by atoms with Crippen LogP contribution in [0.25, 0.3) is 0 Å². The number of rotatable bonds is 4. The fourth-order valence-electron chi connectivity index (χ4n) is 3.58. The first-order valence-electron chi connectivity index (χ1n) is 8.78. The lowest BCUT2D eigenvalue weighted by Crippen LogP contribution is -2.33. The quantitative estimate of drug-likeness (QED) is 0.824. The highest BCUT2D eigenvalue weighted by molar-refractivity contribution is 9.10. The highest BCUT2D eigenvalue weighted by atomic mass is 79.9. The van der Waals surface area contributed by atoms with E-state index in [0.717, 1.165) is 46.8 Å². The van der Waals surface area contributed by atoms with Gasteiger partial charge in [0.25, 0.3) is 0 Å². The molecule has 2 aliphatic heterocycles. The van der Waals surface area contributed by atoms with Gasteiger partial charge in [-0.3, -0.25) is 9.59 Å². The number of nitrogens with zero attached hydrogens (tertiary/aromatic N) is 4. The summed E-state index contributed by atoms with van der Waals surface area (Å²) in [5.41, 5.74) is 1.89. The first kappa shape index (κ1) is 17.2. The molecule has 2 aliphatic rings. The summed E-state index contributed by atoms with van der Waals surface area (Å²) in [5.74, 6) is 1.31. The maximum absolute atomic E-state index is 12.5. The summed E-state index contributed by atoms with van der Waals surface area (Å²) in [4.78, 5) is 26.6. The normalized spacial score (nSPS) is 19.1. The van der Waals surface area contributed by atoms with Gasteiger partial charge in [-0.1, -0.05) is 15.9 Å². The molecule has 7 nitrogen and oxygen atoms in total. The summed E-state index contributed by atoms with van der Waals surface area (Å²) < 4.78 is 3.07. The number of hydrogen-bond donors (Lipinski definition) is 1. The van der Waals surface area contributed by atoms with E-state index in [1.807, 2.05) is 25.1 Å². The molecule has 4 rings (SSSR count). The van der Waals surface area contributed by atoms with E-state index >= 15 is 0 Å². The van der Waals surface area contributed by atoms with Crippen LogP contribution >= 0.6 is 15.9 Å². The lowest BCUT2D eigenvalue weighted by atomic mass is 10.1. The topological polar surface area (TPSA) is 80.1 Å². The Kier molecular flexibility index (Phi) is 4.52. The van der Waals surface area contributed by atoms with Crippen molar-refractivity contribution in [3.8, 4) is 0 Å². The van der Waals surface area contributed by atoms with Crippen LogP contribution in [0, 0.1) is 12.8 Å². The summed E-state index contributed by atoms with van der Waals surface area (Å²) >= 11 is 3.47. The minimum absolute atomic E-state index is 0.0183. The van der Waals surface area contributed by atoms with Crippen LogP contribution in [-0.4, -0.2) is 33.1 Å². The standard InChI is InChI=1S/C18H20BrN5O2/c1-11-7-13(4-5-14(11)19)24-10-12(8-17(24)25)18(26)20-9-16-22-21-15-3-2-6-23(15)16/h4-5,7,12H,2-3,6,8-10H2,1H3,(H,20,26). The predicted octanol–water partition coefficient (Wildman–Crippen LogP) is 1.96. The Morgan fingerprint density at radius 3 is 3.04 bits per heavy atom. The van der Waals surface area contributed by atoms with E-state index in [4.69, 9.17) is 0 Å². The molecule has 1 aromatic carbocycles. The summed E-state index contributed by atoms with van der Waals surface area (Å²) in [6, 6.07) is 5.79. The molecular weight excluding hydrogens is 398 g/mol. The van der Waals surface area contributed by atoms with E-state index in [1.54, 1.807) is 4.90 Å². The molecule has 0 radical (unpaired) electrons. The lowest BCUT2D eigenvalue weighted by Gasteiger charge is -2.17. The summed E-state index contributed by atoms with van der Waals surface area (Å²) in [6.45, 7) is 3.65. The number of halogens is 1. The molecule has 8 heteroatoms.